The molecule has 0 fully saturated rings. The van der Waals surface area contributed by atoms with Gasteiger partial charge in [-0.05, 0) is 42.0 Å². The van der Waals surface area contributed by atoms with Crippen LogP contribution in [0.25, 0.3) is 0 Å². The van der Waals surface area contributed by atoms with E-state index in [1.54, 1.807) is 24.3 Å². The Morgan fingerprint density at radius 2 is 1.58 bits per heavy atom. The van der Waals surface area contributed by atoms with E-state index < -0.39 is 28.4 Å². The molecule has 31 heavy (non-hydrogen) atoms. The SMILES string of the molecule is O=C(COC(=O)c1cccc(S(=O)(=O)NCc2ccccc2)c1)c1ccc(Cl)c(Cl)c1. The topological polar surface area (TPSA) is 89.5 Å². The first-order valence-electron chi connectivity index (χ1n) is 9.05. The zero-order chi connectivity index (χ0) is 22.4. The summed E-state index contributed by atoms with van der Waals surface area (Å²) in [6, 6.07) is 18.7. The molecular weight excluding hydrogens is 461 g/mol. The van der Waals surface area contributed by atoms with Crippen LogP contribution in [0.2, 0.25) is 10.0 Å². The van der Waals surface area contributed by atoms with Crippen LogP contribution < -0.4 is 4.72 Å². The maximum Gasteiger partial charge on any atom is 0.338 e. The Morgan fingerprint density at radius 1 is 0.839 bits per heavy atom. The van der Waals surface area contributed by atoms with Crippen LogP contribution in [0.4, 0.5) is 0 Å². The van der Waals surface area contributed by atoms with E-state index in [0.29, 0.717) is 5.02 Å². The molecule has 0 heterocycles. The number of Topliss-reactive ketones (excluding diaryl/α,β-unsaturated/α-hetero) is 1. The van der Waals surface area contributed by atoms with Crippen LogP contribution in [-0.4, -0.2) is 26.8 Å². The van der Waals surface area contributed by atoms with Crippen LogP contribution in [0.3, 0.4) is 0 Å². The number of ketones is 1. The fourth-order valence-electron chi connectivity index (χ4n) is 2.62. The van der Waals surface area contributed by atoms with Crippen LogP contribution in [0.5, 0.6) is 0 Å². The van der Waals surface area contributed by atoms with Gasteiger partial charge in [-0.1, -0.05) is 59.6 Å². The maximum absolute atomic E-state index is 12.6. The summed E-state index contributed by atoms with van der Waals surface area (Å²) >= 11 is 11.7. The first-order chi connectivity index (χ1) is 14.8. The molecule has 9 heteroatoms. The van der Waals surface area contributed by atoms with E-state index in [4.69, 9.17) is 27.9 Å². The lowest BCUT2D eigenvalue weighted by molar-refractivity contribution is 0.0474. The van der Waals surface area contributed by atoms with Crippen LogP contribution in [0.15, 0.2) is 77.7 Å². The van der Waals surface area contributed by atoms with Crippen molar-refractivity contribution in [3.05, 3.63) is 99.5 Å². The largest absolute Gasteiger partial charge is 0.454 e. The monoisotopic (exact) mass is 477 g/mol. The average molecular weight is 478 g/mol. The molecule has 0 saturated carbocycles. The Morgan fingerprint density at radius 3 is 2.29 bits per heavy atom. The molecule has 6 nitrogen and oxygen atoms in total. The van der Waals surface area contributed by atoms with Gasteiger partial charge in [-0.25, -0.2) is 17.9 Å². The summed E-state index contributed by atoms with van der Waals surface area (Å²) in [6.45, 7) is -0.421. The van der Waals surface area contributed by atoms with Crippen molar-refractivity contribution in [1.29, 1.82) is 0 Å². The van der Waals surface area contributed by atoms with Gasteiger partial charge < -0.3 is 4.74 Å². The van der Waals surface area contributed by atoms with E-state index in [0.717, 1.165) is 5.56 Å². The molecule has 160 valence electrons. The Balaban J connectivity index is 1.65. The van der Waals surface area contributed by atoms with Crippen molar-refractivity contribution in [2.75, 3.05) is 6.61 Å². The summed E-state index contributed by atoms with van der Waals surface area (Å²) in [6.07, 6.45) is 0. The van der Waals surface area contributed by atoms with Gasteiger partial charge in [0.05, 0.1) is 20.5 Å². The number of carbonyl (C=O) groups is 2. The van der Waals surface area contributed by atoms with Crippen LogP contribution in [0.1, 0.15) is 26.3 Å². The summed E-state index contributed by atoms with van der Waals surface area (Å²) in [5, 5.41) is 0.508. The third kappa shape index (κ3) is 6.15. The van der Waals surface area contributed by atoms with E-state index >= 15 is 0 Å². The third-order valence-electron chi connectivity index (χ3n) is 4.27. The number of hydrogen-bond donors (Lipinski definition) is 1. The lowest BCUT2D eigenvalue weighted by atomic mass is 10.1. The predicted molar refractivity (Wildman–Crippen MR) is 118 cm³/mol. The molecule has 0 aliphatic carbocycles. The number of carbonyl (C=O) groups excluding carboxylic acids is 2. The molecule has 0 bridgehead atoms. The number of esters is 1. The van der Waals surface area contributed by atoms with Gasteiger partial charge in [0.15, 0.2) is 12.4 Å². The van der Waals surface area contributed by atoms with Crippen LogP contribution >= 0.6 is 23.2 Å². The summed E-state index contributed by atoms with van der Waals surface area (Å²) in [7, 11) is -3.85. The Hall–Kier alpha value is -2.71. The molecular formula is C22H17Cl2NO5S. The van der Waals surface area contributed by atoms with Gasteiger partial charge in [0.1, 0.15) is 0 Å². The smallest absolute Gasteiger partial charge is 0.338 e. The lowest BCUT2D eigenvalue weighted by Crippen LogP contribution is -2.23. The second kappa shape index (κ2) is 10.1. The fraction of sp³-hybridized carbons (Fsp3) is 0.0909. The normalized spacial score (nSPS) is 11.2. The minimum Gasteiger partial charge on any atom is -0.454 e. The molecule has 0 atom stereocenters. The van der Waals surface area contributed by atoms with Gasteiger partial charge in [-0.2, -0.15) is 0 Å². The van der Waals surface area contributed by atoms with Crippen molar-refractivity contribution in [2.45, 2.75) is 11.4 Å². The predicted octanol–water partition coefficient (Wildman–Crippen LogP) is 4.51. The number of sulfonamides is 1. The van der Waals surface area contributed by atoms with Gasteiger partial charge in [0, 0.05) is 12.1 Å². The molecule has 0 aliphatic heterocycles. The van der Waals surface area contributed by atoms with Gasteiger partial charge in [-0.15, -0.1) is 0 Å². The lowest BCUT2D eigenvalue weighted by Gasteiger charge is -2.09. The summed E-state index contributed by atoms with van der Waals surface area (Å²) in [5.74, 6) is -1.30. The highest BCUT2D eigenvalue weighted by atomic mass is 35.5. The van der Waals surface area contributed by atoms with Crippen molar-refractivity contribution in [3.63, 3.8) is 0 Å². The van der Waals surface area contributed by atoms with Crippen LogP contribution in [0, 0.1) is 0 Å². The first-order valence-corrected chi connectivity index (χ1v) is 11.3. The van der Waals surface area contributed by atoms with Gasteiger partial charge in [0.25, 0.3) is 0 Å². The highest BCUT2D eigenvalue weighted by Crippen LogP contribution is 2.23. The first kappa shape index (κ1) is 23.0. The van der Waals surface area contributed by atoms with Crippen molar-refractivity contribution in [2.24, 2.45) is 0 Å². The van der Waals surface area contributed by atoms with E-state index in [1.165, 1.54) is 42.5 Å². The zero-order valence-corrected chi connectivity index (χ0v) is 18.4. The number of halogens is 2. The zero-order valence-electron chi connectivity index (χ0n) is 16.0. The molecule has 1 N–H and O–H groups in total. The second-order valence-electron chi connectivity index (χ2n) is 6.47. The summed E-state index contributed by atoms with van der Waals surface area (Å²) < 4.78 is 32.6. The minimum atomic E-state index is -3.85. The van der Waals surface area contributed by atoms with Crippen molar-refractivity contribution in [3.8, 4) is 0 Å². The highest BCUT2D eigenvalue weighted by Gasteiger charge is 2.18. The molecule has 0 saturated heterocycles. The molecule has 0 spiro atoms. The highest BCUT2D eigenvalue weighted by molar-refractivity contribution is 7.89. The van der Waals surface area contributed by atoms with Crippen molar-refractivity contribution < 1.29 is 22.7 Å². The third-order valence-corrected chi connectivity index (χ3v) is 6.40. The molecule has 0 unspecified atom stereocenters. The molecule has 0 aliphatic rings. The molecule has 0 aromatic heterocycles. The van der Waals surface area contributed by atoms with E-state index in [2.05, 4.69) is 4.72 Å². The van der Waals surface area contributed by atoms with Crippen molar-refractivity contribution in [1.82, 2.24) is 4.72 Å². The molecule has 3 aromatic carbocycles. The number of ether oxygens (including phenoxy) is 1. The van der Waals surface area contributed by atoms with Gasteiger partial charge >= 0.3 is 5.97 Å². The van der Waals surface area contributed by atoms with E-state index in [1.807, 2.05) is 6.07 Å². The minimum absolute atomic E-state index is 0.00419. The number of rotatable bonds is 8. The van der Waals surface area contributed by atoms with Gasteiger partial charge in [0.2, 0.25) is 10.0 Å². The van der Waals surface area contributed by atoms with Gasteiger partial charge in [-0.3, -0.25) is 4.79 Å². The van der Waals surface area contributed by atoms with Crippen LogP contribution in [-0.2, 0) is 21.3 Å². The average Bonchev–Trinajstić information content (AvgIpc) is 2.78. The summed E-state index contributed by atoms with van der Waals surface area (Å²) in [5.41, 5.74) is 1.04. The second-order valence-corrected chi connectivity index (χ2v) is 9.05. The number of hydrogen-bond acceptors (Lipinski definition) is 5. The molecule has 0 amide bonds. The molecule has 3 aromatic rings. The number of benzene rings is 3. The van der Waals surface area contributed by atoms with Crippen molar-refractivity contribution >= 4 is 45.0 Å². The van der Waals surface area contributed by atoms with E-state index in [9.17, 15) is 18.0 Å². The molecule has 3 rings (SSSR count). The Labute approximate surface area is 189 Å². The molecule has 0 radical (unpaired) electrons. The summed E-state index contributed by atoms with van der Waals surface area (Å²) in [4.78, 5) is 24.4. The van der Waals surface area contributed by atoms with E-state index in [-0.39, 0.29) is 27.6 Å². The quantitative estimate of drug-likeness (QED) is 0.380. The standard InChI is InChI=1S/C22H17Cl2NO5S/c23-19-10-9-16(12-20(19)24)21(26)14-30-22(27)17-7-4-8-18(11-17)31(28,29)25-13-15-5-2-1-3-6-15/h1-12,25H,13-14H2. The Bertz CT molecular complexity index is 1210. The number of nitrogens with one attached hydrogen (secondary N) is 1. The Kier molecular flexibility index (Phi) is 7.46. The maximum atomic E-state index is 12.6. The fourth-order valence-corrected chi connectivity index (χ4v) is 3.98.